The van der Waals surface area contributed by atoms with Gasteiger partial charge in [0, 0.05) is 5.41 Å². The second-order valence-corrected chi connectivity index (χ2v) is 15.3. The van der Waals surface area contributed by atoms with Gasteiger partial charge in [0.1, 0.15) is 0 Å². The van der Waals surface area contributed by atoms with Crippen molar-refractivity contribution in [3.05, 3.63) is 192 Å². The number of rotatable bonds is 6. The molecule has 0 saturated carbocycles. The van der Waals surface area contributed by atoms with Gasteiger partial charge in [0.2, 0.25) is 0 Å². The van der Waals surface area contributed by atoms with E-state index < -0.39 is 0 Å². The highest BCUT2D eigenvalue weighted by Crippen LogP contribution is 2.52. The van der Waals surface area contributed by atoms with E-state index in [4.69, 9.17) is 0 Å². The summed E-state index contributed by atoms with van der Waals surface area (Å²) in [6.45, 7) is 15.5. The molecule has 0 bridgehead atoms. The molecule has 54 heavy (non-hydrogen) atoms. The summed E-state index contributed by atoms with van der Waals surface area (Å²) in [5.41, 5.74) is 20.4. The van der Waals surface area contributed by atoms with E-state index in [0.29, 0.717) is 0 Å². The summed E-state index contributed by atoms with van der Waals surface area (Å²) < 4.78 is 0. The first kappa shape index (κ1) is 33.6. The van der Waals surface area contributed by atoms with Gasteiger partial charge in [-0.1, -0.05) is 178 Å². The molecule has 1 aliphatic rings. The molecule has 260 valence electrons. The Balaban J connectivity index is 1.17. The molecule has 0 N–H and O–H groups in total. The maximum atomic E-state index is 4.22. The smallest absolute Gasteiger partial charge is 0.0165 e. The number of allylic oxidation sites excluding steroid dienone is 1. The van der Waals surface area contributed by atoms with Crippen LogP contribution in [-0.4, -0.2) is 0 Å². The molecule has 0 aliphatic heterocycles. The number of fused-ring (bicyclic) bond motifs is 5. The lowest BCUT2D eigenvalue weighted by Gasteiger charge is -2.24. The minimum atomic E-state index is -0.108. The third-order valence-electron chi connectivity index (χ3n) is 11.9. The van der Waals surface area contributed by atoms with Crippen LogP contribution >= 0.6 is 0 Å². The van der Waals surface area contributed by atoms with Crippen LogP contribution in [0.4, 0.5) is 0 Å². The minimum absolute atomic E-state index is 0.108. The molecule has 0 aromatic heterocycles. The predicted molar refractivity (Wildman–Crippen MR) is 235 cm³/mol. The van der Waals surface area contributed by atoms with Crippen molar-refractivity contribution in [2.24, 2.45) is 0 Å². The van der Waals surface area contributed by atoms with E-state index in [0.717, 1.165) is 0 Å². The number of hydrogen-bond donors (Lipinski definition) is 0. The molecule has 9 rings (SSSR count). The number of hydrogen-bond acceptors (Lipinski definition) is 0. The Hall–Kier alpha value is -6.24. The van der Waals surface area contributed by atoms with Crippen molar-refractivity contribution in [2.45, 2.75) is 40.0 Å². The summed E-state index contributed by atoms with van der Waals surface area (Å²) in [7, 11) is 0. The molecule has 0 heteroatoms. The van der Waals surface area contributed by atoms with Crippen molar-refractivity contribution in [3.63, 3.8) is 0 Å². The molecule has 0 heterocycles. The van der Waals surface area contributed by atoms with E-state index in [2.05, 4.69) is 199 Å². The molecular formula is C54H44. The molecule has 0 spiro atoms. The van der Waals surface area contributed by atoms with Crippen molar-refractivity contribution in [1.82, 2.24) is 0 Å². The Morgan fingerprint density at radius 3 is 1.72 bits per heavy atom. The molecule has 8 aromatic carbocycles. The van der Waals surface area contributed by atoms with E-state index in [1.165, 1.54) is 111 Å². The van der Waals surface area contributed by atoms with Gasteiger partial charge in [-0.25, -0.2) is 0 Å². The van der Waals surface area contributed by atoms with Crippen LogP contribution < -0.4 is 0 Å². The van der Waals surface area contributed by atoms with Crippen LogP contribution in [0.5, 0.6) is 0 Å². The van der Waals surface area contributed by atoms with Gasteiger partial charge in [0.25, 0.3) is 0 Å². The summed E-state index contributed by atoms with van der Waals surface area (Å²) in [4.78, 5) is 0. The summed E-state index contributed by atoms with van der Waals surface area (Å²) in [5.74, 6) is 0. The lowest BCUT2D eigenvalue weighted by molar-refractivity contribution is 0.659. The van der Waals surface area contributed by atoms with Gasteiger partial charge in [0.15, 0.2) is 0 Å². The lowest BCUT2D eigenvalue weighted by Crippen LogP contribution is -2.17. The van der Waals surface area contributed by atoms with E-state index in [9.17, 15) is 0 Å². The van der Waals surface area contributed by atoms with Crippen LogP contribution in [0.1, 0.15) is 54.2 Å². The highest BCUT2D eigenvalue weighted by Gasteiger charge is 2.37. The Morgan fingerprint density at radius 1 is 0.500 bits per heavy atom. The first-order chi connectivity index (χ1) is 26.3. The SMILES string of the molecule is C=Cc1c(/C=C\C)ccc2c1C(C)(C)c1ccc(-c3ccc(-c4c5ccccc5c(-c5cccc(-c6ccccc6C)c5C)c5ccccc45)cc3)cc1-2. The summed E-state index contributed by atoms with van der Waals surface area (Å²) in [5, 5.41) is 5.09. The summed E-state index contributed by atoms with van der Waals surface area (Å²) in [6.07, 6.45) is 6.33. The number of aryl methyl sites for hydroxylation is 1. The average molecular weight is 693 g/mol. The van der Waals surface area contributed by atoms with Crippen molar-refractivity contribution in [3.8, 4) is 55.6 Å². The predicted octanol–water partition coefficient (Wildman–Crippen LogP) is 15.3. The second-order valence-electron chi connectivity index (χ2n) is 15.3. The van der Waals surface area contributed by atoms with Gasteiger partial charge in [-0.05, 0) is 137 Å². The Morgan fingerprint density at radius 2 is 1.07 bits per heavy atom. The normalized spacial score (nSPS) is 13.1. The van der Waals surface area contributed by atoms with E-state index in [1.54, 1.807) is 0 Å². The molecule has 0 saturated heterocycles. The Bertz CT molecular complexity index is 2760. The molecule has 0 amide bonds. The minimum Gasteiger partial charge on any atom is -0.0984 e. The molecule has 1 aliphatic carbocycles. The fraction of sp³-hybridized carbons (Fsp3) is 0.111. The monoisotopic (exact) mass is 692 g/mol. The topological polar surface area (TPSA) is 0 Å². The van der Waals surface area contributed by atoms with Gasteiger partial charge in [-0.2, -0.15) is 0 Å². The van der Waals surface area contributed by atoms with E-state index in [-0.39, 0.29) is 5.41 Å². The first-order valence-electron chi connectivity index (χ1n) is 19.1. The zero-order valence-electron chi connectivity index (χ0n) is 31.8. The Labute approximate surface area is 319 Å². The van der Waals surface area contributed by atoms with Gasteiger partial charge < -0.3 is 0 Å². The quantitative estimate of drug-likeness (QED) is 0.152. The van der Waals surface area contributed by atoms with Crippen molar-refractivity contribution in [2.75, 3.05) is 0 Å². The maximum Gasteiger partial charge on any atom is 0.0165 e. The first-order valence-corrected chi connectivity index (χ1v) is 19.1. The zero-order valence-corrected chi connectivity index (χ0v) is 31.8. The van der Waals surface area contributed by atoms with Crippen LogP contribution in [0, 0.1) is 13.8 Å². The maximum absolute atomic E-state index is 4.22. The third-order valence-corrected chi connectivity index (χ3v) is 11.9. The zero-order chi connectivity index (χ0) is 37.1. The van der Waals surface area contributed by atoms with E-state index >= 15 is 0 Å². The van der Waals surface area contributed by atoms with Gasteiger partial charge in [-0.15, -0.1) is 0 Å². The molecule has 0 nitrogen and oxygen atoms in total. The van der Waals surface area contributed by atoms with Gasteiger partial charge >= 0.3 is 0 Å². The molecule has 0 atom stereocenters. The highest BCUT2D eigenvalue weighted by atomic mass is 14.4. The van der Waals surface area contributed by atoms with Gasteiger partial charge in [0.05, 0.1) is 0 Å². The average Bonchev–Trinajstić information content (AvgIpc) is 3.43. The largest absolute Gasteiger partial charge is 0.0984 e. The Kier molecular flexibility index (Phi) is 8.09. The summed E-state index contributed by atoms with van der Waals surface area (Å²) >= 11 is 0. The molecule has 8 aromatic rings. The highest BCUT2D eigenvalue weighted by molar-refractivity contribution is 6.21. The van der Waals surface area contributed by atoms with Crippen LogP contribution in [0.15, 0.2) is 158 Å². The molecule has 0 radical (unpaired) electrons. The summed E-state index contributed by atoms with van der Waals surface area (Å²) in [6, 6.07) is 54.2. The molecule has 0 fully saturated rings. The molecular weight excluding hydrogens is 649 g/mol. The van der Waals surface area contributed by atoms with Crippen LogP contribution in [0.25, 0.3) is 89.3 Å². The number of benzene rings is 8. The van der Waals surface area contributed by atoms with Crippen LogP contribution in [-0.2, 0) is 5.41 Å². The van der Waals surface area contributed by atoms with Crippen molar-refractivity contribution < 1.29 is 0 Å². The van der Waals surface area contributed by atoms with Gasteiger partial charge in [-0.3, -0.25) is 0 Å². The van der Waals surface area contributed by atoms with Crippen molar-refractivity contribution in [1.29, 1.82) is 0 Å². The van der Waals surface area contributed by atoms with Crippen LogP contribution in [0.2, 0.25) is 0 Å². The fourth-order valence-electron chi connectivity index (χ4n) is 9.34. The lowest BCUT2D eigenvalue weighted by atomic mass is 9.79. The molecule has 0 unspecified atom stereocenters. The third kappa shape index (κ3) is 5.12. The van der Waals surface area contributed by atoms with Crippen molar-refractivity contribution >= 4 is 33.7 Å². The standard InChI is InChI=1S/C54H44/c1-7-16-37-29-31-48-49-33-39(30-32-50(49)54(5,6)53(48)40(37)8-2)36-25-27-38(28-26-36)51-44-19-11-13-21-46(44)52(47-22-14-12-20-45(47)51)43-24-15-23-42(35(43)4)41-18-10-9-17-34(41)3/h7-33H,2H2,1,3-6H3/b16-7-. The van der Waals surface area contributed by atoms with E-state index in [1.807, 2.05) is 6.08 Å². The fourth-order valence-corrected chi connectivity index (χ4v) is 9.34. The van der Waals surface area contributed by atoms with Crippen LogP contribution in [0.3, 0.4) is 0 Å². The second kappa shape index (κ2) is 13.0.